The summed E-state index contributed by atoms with van der Waals surface area (Å²) in [5.41, 5.74) is 2.83. The Labute approximate surface area is 210 Å². The number of carbonyl (C=O) groups is 2. The van der Waals surface area contributed by atoms with Crippen molar-refractivity contribution in [1.29, 1.82) is 0 Å². The van der Waals surface area contributed by atoms with Gasteiger partial charge in [-0.15, -0.1) is 0 Å². The molecule has 4 aromatic carbocycles. The zero-order valence-corrected chi connectivity index (χ0v) is 21.0. The number of sulfonamides is 1. The van der Waals surface area contributed by atoms with E-state index in [2.05, 4.69) is 10.0 Å². The number of nitrogens with one attached hydrogen (secondary N) is 2. The van der Waals surface area contributed by atoms with Crippen molar-refractivity contribution in [2.45, 2.75) is 25.7 Å². The molecule has 36 heavy (non-hydrogen) atoms. The highest BCUT2D eigenvalue weighted by Crippen LogP contribution is 2.26. The van der Waals surface area contributed by atoms with E-state index in [9.17, 15) is 18.0 Å². The van der Waals surface area contributed by atoms with Gasteiger partial charge in [0.2, 0.25) is 0 Å². The number of esters is 1. The van der Waals surface area contributed by atoms with Crippen LogP contribution in [0.5, 0.6) is 0 Å². The van der Waals surface area contributed by atoms with Crippen molar-refractivity contribution < 1.29 is 22.7 Å². The maximum atomic E-state index is 13.2. The highest BCUT2D eigenvalue weighted by atomic mass is 32.2. The zero-order chi connectivity index (χ0) is 25.9. The molecule has 0 aliphatic heterocycles. The predicted octanol–water partition coefficient (Wildman–Crippen LogP) is 5.36. The first-order valence-electron chi connectivity index (χ1n) is 11.3. The van der Waals surface area contributed by atoms with E-state index in [1.807, 2.05) is 43.3 Å². The van der Waals surface area contributed by atoms with Crippen LogP contribution in [0.25, 0.3) is 10.8 Å². The van der Waals surface area contributed by atoms with Crippen LogP contribution >= 0.6 is 0 Å². The van der Waals surface area contributed by atoms with Crippen LogP contribution in [0.2, 0.25) is 0 Å². The fourth-order valence-corrected chi connectivity index (χ4v) is 5.80. The molecular formula is C28H26N2O5S. The van der Waals surface area contributed by atoms with Gasteiger partial charge in [-0.3, -0.25) is 9.52 Å². The number of ether oxygens (including phenoxy) is 1. The summed E-state index contributed by atoms with van der Waals surface area (Å²) in [7, 11) is -3.98. The van der Waals surface area contributed by atoms with Crippen LogP contribution < -0.4 is 10.0 Å². The van der Waals surface area contributed by atoms with Gasteiger partial charge in [0.15, 0.2) is 6.61 Å². The van der Waals surface area contributed by atoms with Gasteiger partial charge >= 0.3 is 5.97 Å². The lowest BCUT2D eigenvalue weighted by atomic mass is 10.1. The van der Waals surface area contributed by atoms with E-state index in [-0.39, 0.29) is 16.1 Å². The van der Waals surface area contributed by atoms with Crippen molar-refractivity contribution in [3.05, 3.63) is 101 Å². The maximum Gasteiger partial charge on any atom is 0.340 e. The van der Waals surface area contributed by atoms with Crippen molar-refractivity contribution in [1.82, 2.24) is 0 Å². The molecule has 0 aliphatic carbocycles. The molecule has 0 spiro atoms. The van der Waals surface area contributed by atoms with Gasteiger partial charge in [0, 0.05) is 11.1 Å². The Kier molecular flexibility index (Phi) is 7.07. The number of para-hydroxylation sites is 1. The van der Waals surface area contributed by atoms with E-state index >= 15 is 0 Å². The van der Waals surface area contributed by atoms with Crippen LogP contribution in [0.3, 0.4) is 0 Å². The van der Waals surface area contributed by atoms with Crippen molar-refractivity contribution in [2.24, 2.45) is 0 Å². The quantitative estimate of drug-likeness (QED) is 0.331. The molecule has 4 rings (SSSR count). The Hall–Kier alpha value is -4.17. The van der Waals surface area contributed by atoms with Crippen LogP contribution in [0.4, 0.5) is 11.4 Å². The molecule has 1 amide bonds. The topological polar surface area (TPSA) is 102 Å². The summed E-state index contributed by atoms with van der Waals surface area (Å²) < 4.78 is 34.1. The summed E-state index contributed by atoms with van der Waals surface area (Å²) in [6, 6.07) is 22.8. The second-order valence-electron chi connectivity index (χ2n) is 8.53. The lowest BCUT2D eigenvalue weighted by Crippen LogP contribution is -2.22. The third-order valence-electron chi connectivity index (χ3n) is 5.66. The van der Waals surface area contributed by atoms with Crippen LogP contribution in [0.15, 0.2) is 83.8 Å². The Morgan fingerprint density at radius 3 is 2.17 bits per heavy atom. The number of carbonyl (C=O) groups excluding carboxylic acids is 2. The molecule has 2 N–H and O–H groups in total. The van der Waals surface area contributed by atoms with E-state index in [1.54, 1.807) is 44.2 Å². The number of amides is 1. The SMILES string of the molecule is Cc1cc(C)c(S(=O)(=O)Nc2ccccc2C(=O)OCC(=O)Nc2cccc3ccccc23)c(C)c1. The molecule has 0 heterocycles. The normalized spacial score (nSPS) is 11.2. The average molecular weight is 503 g/mol. The van der Waals surface area contributed by atoms with E-state index in [0.717, 1.165) is 16.3 Å². The molecule has 0 aromatic heterocycles. The summed E-state index contributed by atoms with van der Waals surface area (Å²) in [5, 5.41) is 4.58. The van der Waals surface area contributed by atoms with Crippen LogP contribution in [0, 0.1) is 20.8 Å². The van der Waals surface area contributed by atoms with E-state index < -0.39 is 28.5 Å². The second kappa shape index (κ2) is 10.2. The third kappa shape index (κ3) is 5.39. The molecular weight excluding hydrogens is 476 g/mol. The van der Waals surface area contributed by atoms with Gasteiger partial charge < -0.3 is 10.1 Å². The highest BCUT2D eigenvalue weighted by molar-refractivity contribution is 7.92. The number of hydrogen-bond donors (Lipinski definition) is 2. The van der Waals surface area contributed by atoms with Crippen molar-refractivity contribution in [3.63, 3.8) is 0 Å². The second-order valence-corrected chi connectivity index (χ2v) is 10.1. The molecule has 0 saturated heterocycles. The smallest absolute Gasteiger partial charge is 0.340 e. The standard InChI is InChI=1S/C28H26N2O5S/c1-18-15-19(2)27(20(3)16-18)36(33,34)30-25-13-7-6-12-23(25)28(32)35-17-26(31)29-24-14-8-10-21-9-4-5-11-22(21)24/h4-16,30H,17H2,1-3H3,(H,29,31). The van der Waals surface area contributed by atoms with Crippen molar-refractivity contribution >= 4 is 44.0 Å². The van der Waals surface area contributed by atoms with E-state index in [4.69, 9.17) is 4.74 Å². The van der Waals surface area contributed by atoms with Gasteiger partial charge in [-0.05, 0) is 55.5 Å². The number of anilines is 2. The molecule has 0 unspecified atom stereocenters. The number of benzene rings is 4. The van der Waals surface area contributed by atoms with E-state index in [1.165, 1.54) is 12.1 Å². The summed E-state index contributed by atoms with van der Waals surface area (Å²) in [6.07, 6.45) is 0. The first kappa shape index (κ1) is 24.9. The minimum atomic E-state index is -3.98. The maximum absolute atomic E-state index is 13.2. The molecule has 0 fully saturated rings. The van der Waals surface area contributed by atoms with Gasteiger partial charge in [-0.25, -0.2) is 13.2 Å². The van der Waals surface area contributed by atoms with Crippen molar-refractivity contribution in [2.75, 3.05) is 16.6 Å². The molecule has 0 atom stereocenters. The van der Waals surface area contributed by atoms with Gasteiger partial charge in [-0.1, -0.05) is 66.2 Å². The van der Waals surface area contributed by atoms with Gasteiger partial charge in [0.05, 0.1) is 16.1 Å². The lowest BCUT2D eigenvalue weighted by molar-refractivity contribution is -0.119. The summed E-state index contributed by atoms with van der Waals surface area (Å²) in [5.74, 6) is -1.33. The van der Waals surface area contributed by atoms with Crippen LogP contribution in [-0.2, 0) is 19.6 Å². The Bertz CT molecular complexity index is 1550. The van der Waals surface area contributed by atoms with Gasteiger partial charge in [0.25, 0.3) is 15.9 Å². The Morgan fingerprint density at radius 2 is 1.42 bits per heavy atom. The van der Waals surface area contributed by atoms with E-state index in [0.29, 0.717) is 16.8 Å². The zero-order valence-electron chi connectivity index (χ0n) is 20.2. The summed E-state index contributed by atoms with van der Waals surface area (Å²) in [6.45, 7) is 4.82. The number of rotatable bonds is 7. The molecule has 7 nitrogen and oxygen atoms in total. The molecule has 0 aliphatic rings. The fourth-order valence-electron chi connectivity index (χ4n) is 4.27. The first-order chi connectivity index (χ1) is 17.2. The molecule has 8 heteroatoms. The van der Waals surface area contributed by atoms with Crippen LogP contribution in [-0.4, -0.2) is 26.9 Å². The highest BCUT2D eigenvalue weighted by Gasteiger charge is 2.23. The number of hydrogen-bond acceptors (Lipinski definition) is 5. The molecule has 0 bridgehead atoms. The Balaban J connectivity index is 1.48. The molecule has 0 radical (unpaired) electrons. The van der Waals surface area contributed by atoms with Crippen molar-refractivity contribution in [3.8, 4) is 0 Å². The number of aryl methyl sites for hydroxylation is 3. The monoisotopic (exact) mass is 502 g/mol. The third-order valence-corrected chi connectivity index (χ3v) is 7.33. The average Bonchev–Trinajstić information content (AvgIpc) is 2.82. The van der Waals surface area contributed by atoms with Gasteiger partial charge in [-0.2, -0.15) is 0 Å². The van der Waals surface area contributed by atoms with Gasteiger partial charge in [0.1, 0.15) is 0 Å². The summed E-state index contributed by atoms with van der Waals surface area (Å²) >= 11 is 0. The summed E-state index contributed by atoms with van der Waals surface area (Å²) in [4.78, 5) is 25.4. The minimum absolute atomic E-state index is 0.00135. The predicted molar refractivity (Wildman–Crippen MR) is 141 cm³/mol. The molecule has 184 valence electrons. The number of fused-ring (bicyclic) bond motifs is 1. The first-order valence-corrected chi connectivity index (χ1v) is 12.8. The fraction of sp³-hybridized carbons (Fsp3) is 0.143. The van der Waals surface area contributed by atoms with Crippen LogP contribution in [0.1, 0.15) is 27.0 Å². The lowest BCUT2D eigenvalue weighted by Gasteiger charge is -2.16. The largest absolute Gasteiger partial charge is 0.452 e. The molecule has 0 saturated carbocycles. The minimum Gasteiger partial charge on any atom is -0.452 e. The Morgan fingerprint density at radius 1 is 0.806 bits per heavy atom. The molecule has 4 aromatic rings.